The van der Waals surface area contributed by atoms with Crippen molar-refractivity contribution in [1.82, 2.24) is 20.4 Å². The molecule has 0 aliphatic rings. The first kappa shape index (κ1) is 20.8. The van der Waals surface area contributed by atoms with Crippen molar-refractivity contribution in [2.75, 3.05) is 0 Å². The third-order valence-corrected chi connectivity index (χ3v) is 3.71. The number of aryl methyl sites for hydroxylation is 1. The number of rotatable bonds is 5. The number of nitro benzene ring substituents is 1. The van der Waals surface area contributed by atoms with Crippen LogP contribution in [0, 0.1) is 10.1 Å². The van der Waals surface area contributed by atoms with Crippen LogP contribution in [0.1, 0.15) is 22.6 Å². The number of carbonyl (C=O) groups is 2. The van der Waals surface area contributed by atoms with Crippen molar-refractivity contribution < 1.29 is 32.8 Å². The Hall–Kier alpha value is -3.48. The van der Waals surface area contributed by atoms with Crippen molar-refractivity contribution in [1.29, 1.82) is 0 Å². The maximum Gasteiger partial charge on any atom is 0.425 e. The summed E-state index contributed by atoms with van der Waals surface area (Å²) in [6.45, 7) is 0. The van der Waals surface area contributed by atoms with Gasteiger partial charge in [0.1, 0.15) is 0 Å². The molecular formula is C15H14F3N5O5. The number of hydrogen-bond donors (Lipinski definition) is 3. The van der Waals surface area contributed by atoms with E-state index in [1.54, 1.807) is 5.43 Å². The van der Waals surface area contributed by atoms with E-state index in [1.165, 1.54) is 19.2 Å². The number of hydrazine groups is 1. The minimum Gasteiger partial charge on any atom is -0.374 e. The maximum atomic E-state index is 13.4. The predicted octanol–water partition coefficient (Wildman–Crippen LogP) is 0.929. The van der Waals surface area contributed by atoms with E-state index < -0.39 is 40.8 Å². The third-order valence-electron chi connectivity index (χ3n) is 3.71. The quantitative estimate of drug-likeness (QED) is 0.503. The third kappa shape index (κ3) is 4.25. The lowest BCUT2D eigenvalue weighted by Crippen LogP contribution is -2.50. The van der Waals surface area contributed by atoms with Gasteiger partial charge in [0.25, 0.3) is 11.6 Å². The van der Waals surface area contributed by atoms with Gasteiger partial charge in [0.05, 0.1) is 11.3 Å². The maximum absolute atomic E-state index is 13.4. The molecule has 1 unspecified atom stereocenters. The summed E-state index contributed by atoms with van der Waals surface area (Å²) in [5.41, 5.74) is -0.619. The van der Waals surface area contributed by atoms with Crippen LogP contribution in [0.4, 0.5) is 18.9 Å². The van der Waals surface area contributed by atoms with Crippen molar-refractivity contribution in [2.24, 2.45) is 7.05 Å². The van der Waals surface area contributed by atoms with Crippen molar-refractivity contribution >= 4 is 17.5 Å². The molecule has 1 aromatic heterocycles. The number of benzene rings is 1. The lowest BCUT2D eigenvalue weighted by atomic mass is 9.97. The van der Waals surface area contributed by atoms with Crippen molar-refractivity contribution in [3.05, 3.63) is 58.2 Å². The molecule has 2 amide bonds. The molecular weight excluding hydrogens is 387 g/mol. The molecule has 0 saturated heterocycles. The molecule has 2 aromatic rings. The van der Waals surface area contributed by atoms with E-state index in [0.717, 1.165) is 29.1 Å². The van der Waals surface area contributed by atoms with Crippen LogP contribution in [0.3, 0.4) is 0 Å². The Balaban J connectivity index is 2.10. The number of amides is 2. The standard InChI is InChI=1S/C15H14F3N5O5/c1-22-6-5-19-13(22)14(26,15(16,17)18)8-11(24)20-21-12(25)9-3-2-4-10(7-9)23(27)28/h2-7,26H,8H2,1H3,(H,20,24)(H,21,25). The summed E-state index contributed by atoms with van der Waals surface area (Å²) in [6, 6.07) is 4.47. The molecule has 0 bridgehead atoms. The van der Waals surface area contributed by atoms with E-state index in [2.05, 4.69) is 4.98 Å². The molecule has 0 aliphatic carbocycles. The predicted molar refractivity (Wildman–Crippen MR) is 86.5 cm³/mol. The fourth-order valence-corrected chi connectivity index (χ4v) is 2.31. The van der Waals surface area contributed by atoms with Crippen LogP contribution >= 0.6 is 0 Å². The fraction of sp³-hybridized carbons (Fsp3) is 0.267. The summed E-state index contributed by atoms with van der Waals surface area (Å²) in [5.74, 6) is -3.16. The van der Waals surface area contributed by atoms with Crippen LogP contribution in [0.5, 0.6) is 0 Å². The summed E-state index contributed by atoms with van der Waals surface area (Å²) >= 11 is 0. The molecule has 0 aliphatic heterocycles. The van der Waals surface area contributed by atoms with Gasteiger partial charge in [-0.1, -0.05) is 6.07 Å². The molecule has 0 spiro atoms. The number of nitrogens with zero attached hydrogens (tertiary/aromatic N) is 3. The second kappa shape index (κ2) is 7.64. The highest BCUT2D eigenvalue weighted by molar-refractivity contribution is 5.96. The molecule has 1 atom stereocenters. The van der Waals surface area contributed by atoms with Crippen LogP contribution in [0.2, 0.25) is 0 Å². The number of non-ortho nitro benzene ring substituents is 1. The number of alkyl halides is 3. The topological polar surface area (TPSA) is 139 Å². The van der Waals surface area contributed by atoms with Crippen LogP contribution in [0.15, 0.2) is 36.7 Å². The van der Waals surface area contributed by atoms with Crippen LogP contribution in [-0.4, -0.2) is 37.6 Å². The molecule has 10 nitrogen and oxygen atoms in total. The molecule has 0 radical (unpaired) electrons. The van der Waals surface area contributed by atoms with Gasteiger partial charge in [-0.25, -0.2) is 4.98 Å². The number of imidazole rings is 1. The summed E-state index contributed by atoms with van der Waals surface area (Å²) in [7, 11) is 1.21. The summed E-state index contributed by atoms with van der Waals surface area (Å²) < 4.78 is 41.0. The number of nitrogens with one attached hydrogen (secondary N) is 2. The molecule has 0 saturated carbocycles. The van der Waals surface area contributed by atoms with Gasteiger partial charge in [-0.3, -0.25) is 30.6 Å². The summed E-state index contributed by atoms with van der Waals surface area (Å²) in [4.78, 5) is 37.2. The number of halogens is 3. The van der Waals surface area contributed by atoms with Gasteiger partial charge in [0, 0.05) is 37.1 Å². The second-order valence-electron chi connectivity index (χ2n) is 5.71. The van der Waals surface area contributed by atoms with Crippen LogP contribution in [0.25, 0.3) is 0 Å². The number of carbonyl (C=O) groups excluding carboxylic acids is 2. The Labute approximate surface area is 155 Å². The first-order chi connectivity index (χ1) is 13.0. The molecule has 0 fully saturated rings. The Morgan fingerprint density at radius 2 is 2.00 bits per heavy atom. The largest absolute Gasteiger partial charge is 0.425 e. The van der Waals surface area contributed by atoms with Crippen LogP contribution in [-0.2, 0) is 17.4 Å². The zero-order chi connectivity index (χ0) is 21.1. The van der Waals surface area contributed by atoms with Crippen molar-refractivity contribution in [3.8, 4) is 0 Å². The first-order valence-electron chi connectivity index (χ1n) is 7.56. The first-order valence-corrected chi connectivity index (χ1v) is 7.56. The Kier molecular flexibility index (Phi) is 5.68. The van der Waals surface area contributed by atoms with Gasteiger partial charge >= 0.3 is 6.18 Å². The molecule has 1 heterocycles. The lowest BCUT2D eigenvalue weighted by molar-refractivity contribution is -0.384. The normalized spacial score (nSPS) is 13.5. The van der Waals surface area contributed by atoms with E-state index in [-0.39, 0.29) is 11.3 Å². The molecule has 3 N–H and O–H groups in total. The minimum atomic E-state index is -5.23. The van der Waals surface area contributed by atoms with Gasteiger partial charge < -0.3 is 9.67 Å². The number of aromatic nitrogens is 2. The fourth-order valence-electron chi connectivity index (χ4n) is 2.31. The zero-order valence-electron chi connectivity index (χ0n) is 14.2. The Morgan fingerprint density at radius 1 is 1.32 bits per heavy atom. The monoisotopic (exact) mass is 401 g/mol. The van der Waals surface area contributed by atoms with E-state index >= 15 is 0 Å². The van der Waals surface area contributed by atoms with Crippen molar-refractivity contribution in [3.63, 3.8) is 0 Å². The van der Waals surface area contributed by atoms with E-state index in [0.29, 0.717) is 0 Å². The van der Waals surface area contributed by atoms with Crippen molar-refractivity contribution in [2.45, 2.75) is 18.2 Å². The summed E-state index contributed by atoms with van der Waals surface area (Å²) in [5, 5.41) is 20.8. The average molecular weight is 401 g/mol. The zero-order valence-corrected chi connectivity index (χ0v) is 14.2. The van der Waals surface area contributed by atoms with Crippen LogP contribution < -0.4 is 10.9 Å². The Bertz CT molecular complexity index is 913. The smallest absolute Gasteiger partial charge is 0.374 e. The van der Waals surface area contributed by atoms with Gasteiger partial charge in [-0.15, -0.1) is 0 Å². The van der Waals surface area contributed by atoms with Gasteiger partial charge in [0.2, 0.25) is 11.5 Å². The molecule has 1 aromatic carbocycles. The highest BCUT2D eigenvalue weighted by Crippen LogP contribution is 2.40. The number of aliphatic hydroxyl groups is 1. The van der Waals surface area contributed by atoms with E-state index in [1.807, 2.05) is 5.43 Å². The molecule has 28 heavy (non-hydrogen) atoms. The van der Waals surface area contributed by atoms with Gasteiger partial charge in [-0.05, 0) is 6.07 Å². The SMILES string of the molecule is Cn1ccnc1C(O)(CC(=O)NNC(=O)c1cccc([N+](=O)[O-])c1)C(F)(F)F. The lowest BCUT2D eigenvalue weighted by Gasteiger charge is -2.29. The molecule has 13 heteroatoms. The molecule has 2 rings (SSSR count). The van der Waals surface area contributed by atoms with E-state index in [4.69, 9.17) is 0 Å². The number of nitro groups is 1. The molecule has 150 valence electrons. The Morgan fingerprint density at radius 3 is 2.54 bits per heavy atom. The number of hydrogen-bond acceptors (Lipinski definition) is 6. The highest BCUT2D eigenvalue weighted by atomic mass is 19.4. The average Bonchev–Trinajstić information content (AvgIpc) is 3.05. The van der Waals surface area contributed by atoms with E-state index in [9.17, 15) is 38.0 Å². The van der Waals surface area contributed by atoms with Gasteiger partial charge in [-0.2, -0.15) is 13.2 Å². The van der Waals surface area contributed by atoms with Gasteiger partial charge in [0.15, 0.2) is 5.82 Å². The highest BCUT2D eigenvalue weighted by Gasteiger charge is 2.58. The minimum absolute atomic E-state index is 0.204. The second-order valence-corrected chi connectivity index (χ2v) is 5.71. The summed E-state index contributed by atoms with van der Waals surface area (Å²) in [6.07, 6.45) is -4.52.